The Hall–Kier alpha value is -1.59. The molecule has 1 N–H and O–H groups in total. The Morgan fingerprint density at radius 1 is 0.933 bits per heavy atom. The molecule has 3 rings (SSSR count). The second-order valence-corrected chi connectivity index (χ2v) is 8.81. The van der Waals surface area contributed by atoms with E-state index in [-0.39, 0.29) is 0 Å². The molecule has 0 saturated carbocycles. The van der Waals surface area contributed by atoms with Gasteiger partial charge in [0, 0.05) is 32.9 Å². The highest BCUT2D eigenvalue weighted by molar-refractivity contribution is 9.10. The molecule has 3 aromatic rings. The van der Waals surface area contributed by atoms with Crippen molar-refractivity contribution in [3.05, 3.63) is 84.8 Å². The molecule has 0 aliphatic heterocycles. The molecular formula is C23H21BrCl3NO2. The summed E-state index contributed by atoms with van der Waals surface area (Å²) in [4.78, 5) is 0. The SMILES string of the molecule is CCOc1cc(CNc2cc(Cl)ccc2C)cc(Br)c1OCc1ccc(Cl)cc1Cl. The van der Waals surface area contributed by atoms with Crippen LogP contribution in [0.5, 0.6) is 11.5 Å². The predicted molar refractivity (Wildman–Crippen MR) is 130 cm³/mol. The number of benzene rings is 3. The number of rotatable bonds is 8. The van der Waals surface area contributed by atoms with Crippen molar-refractivity contribution in [1.82, 2.24) is 0 Å². The van der Waals surface area contributed by atoms with Gasteiger partial charge >= 0.3 is 0 Å². The number of halogens is 4. The first-order valence-electron chi connectivity index (χ1n) is 9.39. The highest BCUT2D eigenvalue weighted by Gasteiger charge is 2.14. The van der Waals surface area contributed by atoms with Crippen molar-refractivity contribution in [2.45, 2.75) is 27.0 Å². The van der Waals surface area contributed by atoms with E-state index in [0.717, 1.165) is 26.9 Å². The fraction of sp³-hybridized carbons (Fsp3) is 0.217. The van der Waals surface area contributed by atoms with E-state index in [1.165, 1.54) is 0 Å². The minimum absolute atomic E-state index is 0.300. The van der Waals surface area contributed by atoms with Crippen LogP contribution in [0.4, 0.5) is 5.69 Å². The molecule has 0 radical (unpaired) electrons. The summed E-state index contributed by atoms with van der Waals surface area (Å²) in [5, 5.41) is 5.28. The number of nitrogens with one attached hydrogen (secondary N) is 1. The first kappa shape index (κ1) is 23.1. The van der Waals surface area contributed by atoms with Gasteiger partial charge in [-0.15, -0.1) is 0 Å². The zero-order chi connectivity index (χ0) is 21.7. The maximum absolute atomic E-state index is 6.26. The van der Waals surface area contributed by atoms with Gasteiger partial charge in [0.15, 0.2) is 11.5 Å². The summed E-state index contributed by atoms with van der Waals surface area (Å²) in [6, 6.07) is 15.1. The molecule has 3 nitrogen and oxygen atoms in total. The van der Waals surface area contributed by atoms with E-state index in [1.807, 2.05) is 50.2 Å². The highest BCUT2D eigenvalue weighted by atomic mass is 79.9. The molecule has 158 valence electrons. The van der Waals surface area contributed by atoms with Crippen LogP contribution in [0, 0.1) is 6.92 Å². The Labute approximate surface area is 200 Å². The molecule has 0 aliphatic rings. The third-order valence-electron chi connectivity index (χ3n) is 4.44. The largest absolute Gasteiger partial charge is 0.490 e. The zero-order valence-corrected chi connectivity index (χ0v) is 20.4. The smallest absolute Gasteiger partial charge is 0.175 e. The van der Waals surface area contributed by atoms with Crippen molar-refractivity contribution >= 4 is 56.4 Å². The Morgan fingerprint density at radius 3 is 2.40 bits per heavy atom. The molecule has 0 amide bonds. The molecule has 0 saturated heterocycles. The standard InChI is InChI=1S/C23H21BrCl3NO2/c1-3-29-22-9-15(12-28-21-11-18(26)6-4-14(21)2)8-19(24)23(22)30-13-16-5-7-17(25)10-20(16)27/h4-11,28H,3,12-13H2,1-2H3. The lowest BCUT2D eigenvalue weighted by Crippen LogP contribution is -2.05. The number of hydrogen-bond donors (Lipinski definition) is 1. The van der Waals surface area contributed by atoms with Crippen LogP contribution in [0.25, 0.3) is 0 Å². The van der Waals surface area contributed by atoms with Crippen LogP contribution in [0.15, 0.2) is 53.0 Å². The molecule has 0 spiro atoms. The van der Waals surface area contributed by atoms with Crippen LogP contribution in [0.3, 0.4) is 0 Å². The van der Waals surface area contributed by atoms with Crippen molar-refractivity contribution in [3.63, 3.8) is 0 Å². The normalized spacial score (nSPS) is 10.7. The summed E-state index contributed by atoms with van der Waals surface area (Å²) in [6.07, 6.45) is 0. The van der Waals surface area contributed by atoms with Gasteiger partial charge in [-0.05, 0) is 77.3 Å². The third kappa shape index (κ3) is 5.98. The maximum atomic E-state index is 6.26. The molecule has 0 bridgehead atoms. The van der Waals surface area contributed by atoms with Gasteiger partial charge < -0.3 is 14.8 Å². The minimum Gasteiger partial charge on any atom is -0.490 e. The van der Waals surface area contributed by atoms with Gasteiger partial charge in [0.05, 0.1) is 11.1 Å². The monoisotopic (exact) mass is 527 g/mol. The van der Waals surface area contributed by atoms with E-state index in [9.17, 15) is 0 Å². The minimum atomic E-state index is 0.300. The van der Waals surface area contributed by atoms with E-state index in [1.54, 1.807) is 12.1 Å². The maximum Gasteiger partial charge on any atom is 0.175 e. The van der Waals surface area contributed by atoms with Crippen LogP contribution in [-0.2, 0) is 13.2 Å². The molecule has 0 fully saturated rings. The van der Waals surface area contributed by atoms with Gasteiger partial charge in [0.1, 0.15) is 6.61 Å². The van der Waals surface area contributed by atoms with Crippen molar-refractivity contribution in [2.24, 2.45) is 0 Å². The highest BCUT2D eigenvalue weighted by Crippen LogP contribution is 2.38. The van der Waals surface area contributed by atoms with E-state index < -0.39 is 0 Å². The lowest BCUT2D eigenvalue weighted by Gasteiger charge is -2.17. The van der Waals surface area contributed by atoms with Crippen molar-refractivity contribution in [2.75, 3.05) is 11.9 Å². The number of ether oxygens (including phenoxy) is 2. The first-order valence-corrected chi connectivity index (χ1v) is 11.3. The van der Waals surface area contributed by atoms with Crippen molar-refractivity contribution in [1.29, 1.82) is 0 Å². The Morgan fingerprint density at radius 2 is 1.67 bits per heavy atom. The average molecular weight is 530 g/mol. The van der Waals surface area contributed by atoms with Crippen LogP contribution in [0.1, 0.15) is 23.6 Å². The topological polar surface area (TPSA) is 30.5 Å². The van der Waals surface area contributed by atoms with Crippen molar-refractivity contribution < 1.29 is 9.47 Å². The molecule has 0 aliphatic carbocycles. The van der Waals surface area contributed by atoms with Gasteiger partial charge in [0.25, 0.3) is 0 Å². The van der Waals surface area contributed by atoms with Crippen LogP contribution in [0.2, 0.25) is 15.1 Å². The lowest BCUT2D eigenvalue weighted by molar-refractivity contribution is 0.267. The average Bonchev–Trinajstić information content (AvgIpc) is 2.69. The third-order valence-corrected chi connectivity index (χ3v) is 5.85. The van der Waals surface area contributed by atoms with E-state index in [4.69, 9.17) is 44.3 Å². The van der Waals surface area contributed by atoms with E-state index in [0.29, 0.717) is 46.3 Å². The molecular weight excluding hydrogens is 509 g/mol. The Kier molecular flexibility index (Phi) is 8.18. The van der Waals surface area contributed by atoms with Gasteiger partial charge in [-0.1, -0.05) is 46.9 Å². The summed E-state index contributed by atoms with van der Waals surface area (Å²) in [5.74, 6) is 1.29. The van der Waals surface area contributed by atoms with Gasteiger partial charge in [0.2, 0.25) is 0 Å². The molecule has 3 aromatic carbocycles. The number of aryl methyl sites for hydroxylation is 1. The van der Waals surface area contributed by atoms with Gasteiger partial charge in [-0.3, -0.25) is 0 Å². The molecule has 0 aromatic heterocycles. The van der Waals surface area contributed by atoms with Crippen LogP contribution in [-0.4, -0.2) is 6.61 Å². The molecule has 30 heavy (non-hydrogen) atoms. The van der Waals surface area contributed by atoms with Crippen LogP contribution < -0.4 is 14.8 Å². The second kappa shape index (κ2) is 10.6. The second-order valence-electron chi connectivity index (χ2n) is 6.68. The molecule has 0 heterocycles. The predicted octanol–water partition coefficient (Wildman–Crippen LogP) is 8.31. The van der Waals surface area contributed by atoms with Gasteiger partial charge in [-0.25, -0.2) is 0 Å². The lowest BCUT2D eigenvalue weighted by atomic mass is 10.1. The summed E-state index contributed by atoms with van der Waals surface area (Å²) in [6.45, 7) is 5.42. The van der Waals surface area contributed by atoms with Gasteiger partial charge in [-0.2, -0.15) is 0 Å². The number of hydrogen-bond acceptors (Lipinski definition) is 3. The first-order chi connectivity index (χ1) is 14.4. The Balaban J connectivity index is 1.78. The summed E-state index contributed by atoms with van der Waals surface area (Å²) in [7, 11) is 0. The quantitative estimate of drug-likeness (QED) is 0.318. The van der Waals surface area contributed by atoms with E-state index >= 15 is 0 Å². The number of anilines is 1. The fourth-order valence-electron chi connectivity index (χ4n) is 2.90. The van der Waals surface area contributed by atoms with Crippen molar-refractivity contribution in [3.8, 4) is 11.5 Å². The molecule has 0 atom stereocenters. The summed E-state index contributed by atoms with van der Waals surface area (Å²) >= 11 is 22.0. The molecule has 0 unspecified atom stereocenters. The summed E-state index contributed by atoms with van der Waals surface area (Å²) < 4.78 is 12.7. The van der Waals surface area contributed by atoms with E-state index in [2.05, 4.69) is 21.2 Å². The zero-order valence-electron chi connectivity index (χ0n) is 16.6. The molecule has 7 heteroatoms. The van der Waals surface area contributed by atoms with Crippen LogP contribution >= 0.6 is 50.7 Å². The summed E-state index contributed by atoms with van der Waals surface area (Å²) in [5.41, 5.74) is 4.01. The Bertz CT molecular complexity index is 1040. The fourth-order valence-corrected chi connectivity index (χ4v) is 4.14.